The molecule has 1 fully saturated rings. The van der Waals surface area contributed by atoms with Crippen LogP contribution in [-0.2, 0) is 14.3 Å². The van der Waals surface area contributed by atoms with Crippen LogP contribution in [0.3, 0.4) is 0 Å². The van der Waals surface area contributed by atoms with Crippen LogP contribution in [0.4, 0.5) is 5.13 Å². The maximum atomic E-state index is 13.6. The summed E-state index contributed by atoms with van der Waals surface area (Å²) in [6.45, 7) is 8.29. The van der Waals surface area contributed by atoms with Crippen LogP contribution in [0.15, 0.2) is 48.0 Å². The Bertz CT molecular complexity index is 1510. The summed E-state index contributed by atoms with van der Waals surface area (Å²) in [4.78, 5) is 45.7. The van der Waals surface area contributed by atoms with Crippen LogP contribution in [-0.4, -0.2) is 54.7 Å². The molecular weight excluding hydrogens is 560 g/mol. The number of aliphatic hydroxyl groups excluding tert-OH is 1. The highest BCUT2D eigenvalue weighted by Crippen LogP contribution is 2.45. The fourth-order valence-electron chi connectivity index (χ4n) is 4.57. The average Bonchev–Trinajstić information content (AvgIpc) is 3.49. The smallest absolute Gasteiger partial charge is 0.350 e. The molecule has 222 valence electrons. The molecule has 1 N–H and O–H groups in total. The molecule has 42 heavy (non-hydrogen) atoms. The Labute approximate surface area is 248 Å². The number of aromatic nitrogens is 1. The van der Waals surface area contributed by atoms with E-state index in [4.69, 9.17) is 18.9 Å². The number of anilines is 1. The predicted octanol–water partition coefficient (Wildman–Crippen LogP) is 5.84. The fourth-order valence-corrected chi connectivity index (χ4v) is 5.56. The zero-order valence-corrected chi connectivity index (χ0v) is 25.1. The number of methoxy groups -OCH3 is 1. The van der Waals surface area contributed by atoms with Crippen LogP contribution in [0.25, 0.3) is 5.76 Å². The van der Waals surface area contributed by atoms with Crippen molar-refractivity contribution in [1.29, 1.82) is 0 Å². The molecule has 0 aliphatic carbocycles. The van der Waals surface area contributed by atoms with E-state index in [1.165, 1.54) is 12.0 Å². The van der Waals surface area contributed by atoms with E-state index in [0.717, 1.165) is 24.2 Å². The van der Waals surface area contributed by atoms with Crippen LogP contribution in [0.1, 0.15) is 66.1 Å². The van der Waals surface area contributed by atoms with E-state index in [-0.39, 0.29) is 27.9 Å². The second kappa shape index (κ2) is 13.5. The third-order valence-corrected chi connectivity index (χ3v) is 7.71. The van der Waals surface area contributed by atoms with Gasteiger partial charge in [0, 0.05) is 5.56 Å². The van der Waals surface area contributed by atoms with Gasteiger partial charge in [0.05, 0.1) is 44.2 Å². The Morgan fingerprint density at radius 3 is 2.52 bits per heavy atom. The summed E-state index contributed by atoms with van der Waals surface area (Å²) in [5.74, 6) is -1.35. The number of amides is 1. The van der Waals surface area contributed by atoms with Gasteiger partial charge in [0.25, 0.3) is 5.78 Å². The average molecular weight is 595 g/mol. The first kappa shape index (κ1) is 30.6. The summed E-state index contributed by atoms with van der Waals surface area (Å²) in [6.07, 6.45) is 1.82. The molecule has 4 rings (SSSR count). The van der Waals surface area contributed by atoms with E-state index < -0.39 is 23.7 Å². The van der Waals surface area contributed by atoms with Crippen LogP contribution < -0.4 is 19.1 Å². The van der Waals surface area contributed by atoms with Gasteiger partial charge in [-0.05, 0) is 57.0 Å². The van der Waals surface area contributed by atoms with Gasteiger partial charge < -0.3 is 24.1 Å². The Morgan fingerprint density at radius 1 is 1.05 bits per heavy atom. The number of thiazole rings is 1. The number of aryl methyl sites for hydroxylation is 1. The Morgan fingerprint density at radius 2 is 1.83 bits per heavy atom. The molecule has 1 saturated heterocycles. The zero-order valence-electron chi connectivity index (χ0n) is 24.3. The number of hydrogen-bond acceptors (Lipinski definition) is 10. The molecule has 11 heteroatoms. The Balaban J connectivity index is 1.89. The second-order valence-corrected chi connectivity index (χ2v) is 10.4. The number of ether oxygens (including phenoxy) is 4. The minimum absolute atomic E-state index is 0.117. The number of hydrogen-bond donors (Lipinski definition) is 1. The van der Waals surface area contributed by atoms with Crippen molar-refractivity contribution in [2.24, 2.45) is 0 Å². The summed E-state index contributed by atoms with van der Waals surface area (Å²) < 4.78 is 22.1. The molecule has 2 heterocycles. The first-order valence-corrected chi connectivity index (χ1v) is 14.6. The van der Waals surface area contributed by atoms with Crippen molar-refractivity contribution >= 4 is 39.9 Å². The predicted molar refractivity (Wildman–Crippen MR) is 159 cm³/mol. The van der Waals surface area contributed by atoms with Crippen LogP contribution >= 0.6 is 11.3 Å². The van der Waals surface area contributed by atoms with Crippen molar-refractivity contribution in [1.82, 2.24) is 4.98 Å². The van der Waals surface area contributed by atoms with E-state index in [1.807, 2.05) is 6.92 Å². The lowest BCUT2D eigenvalue weighted by atomic mass is 9.95. The van der Waals surface area contributed by atoms with E-state index in [2.05, 4.69) is 11.9 Å². The number of carbonyl (C=O) groups is 3. The zero-order chi connectivity index (χ0) is 30.4. The Kier molecular flexibility index (Phi) is 9.84. The molecule has 1 amide bonds. The summed E-state index contributed by atoms with van der Waals surface area (Å²) in [5.41, 5.74) is 1.00. The standard InChI is InChI=1S/C31H34N2O8S/c1-6-9-15-41-21-12-10-11-20(16-21)26(34)24-25(19-13-14-22(39-7-2)23(17-19)38-5)33(29(36)27(24)35)31-32-18(4)28(42-31)30(37)40-8-3/h10-14,16-17,25,34H,6-9,15H2,1-5H3. The van der Waals surface area contributed by atoms with Crippen molar-refractivity contribution < 1.29 is 38.4 Å². The molecule has 3 aromatic rings. The largest absolute Gasteiger partial charge is 0.507 e. The molecule has 0 spiro atoms. The van der Waals surface area contributed by atoms with Gasteiger partial charge in [-0.15, -0.1) is 0 Å². The third kappa shape index (κ3) is 6.11. The van der Waals surface area contributed by atoms with Crippen LogP contribution in [0.5, 0.6) is 17.2 Å². The molecule has 10 nitrogen and oxygen atoms in total. The first-order valence-electron chi connectivity index (χ1n) is 13.7. The van der Waals surface area contributed by atoms with Crippen molar-refractivity contribution in [3.8, 4) is 17.2 Å². The number of aliphatic hydroxyl groups is 1. The second-order valence-electron chi connectivity index (χ2n) is 9.37. The number of Topliss-reactive ketones (excluding diaryl/α,β-unsaturated/α-hetero) is 1. The molecule has 1 unspecified atom stereocenters. The molecule has 0 saturated carbocycles. The van der Waals surface area contributed by atoms with E-state index >= 15 is 0 Å². The van der Waals surface area contributed by atoms with Gasteiger partial charge in [-0.2, -0.15) is 0 Å². The van der Waals surface area contributed by atoms with Gasteiger partial charge in [-0.1, -0.05) is 42.9 Å². The molecule has 1 atom stereocenters. The number of nitrogens with zero attached hydrogens (tertiary/aromatic N) is 2. The number of esters is 1. The summed E-state index contributed by atoms with van der Waals surface area (Å²) >= 11 is 0.941. The highest BCUT2D eigenvalue weighted by atomic mass is 32.1. The number of benzene rings is 2. The number of unbranched alkanes of at least 4 members (excludes halogenated alkanes) is 1. The monoisotopic (exact) mass is 594 g/mol. The summed E-state index contributed by atoms with van der Waals surface area (Å²) in [5, 5.41) is 11.7. The number of ketones is 1. The minimum Gasteiger partial charge on any atom is -0.507 e. The molecule has 1 aromatic heterocycles. The molecule has 0 radical (unpaired) electrons. The molecule has 2 aromatic carbocycles. The summed E-state index contributed by atoms with van der Waals surface area (Å²) in [6, 6.07) is 10.7. The van der Waals surface area contributed by atoms with E-state index in [1.54, 1.807) is 56.3 Å². The molecular formula is C31H34N2O8S. The molecule has 0 bridgehead atoms. The SMILES string of the molecule is CCCCOc1cccc(C(O)=C2C(=O)C(=O)N(c3nc(C)c(C(=O)OCC)s3)C2c2ccc(OCC)c(OC)c2)c1. The third-order valence-electron chi connectivity index (χ3n) is 6.57. The van der Waals surface area contributed by atoms with Gasteiger partial charge in [0.15, 0.2) is 16.6 Å². The number of carbonyl (C=O) groups excluding carboxylic acids is 3. The van der Waals surface area contributed by atoms with Gasteiger partial charge >= 0.3 is 11.9 Å². The topological polar surface area (TPSA) is 124 Å². The highest BCUT2D eigenvalue weighted by Gasteiger charge is 2.48. The quantitative estimate of drug-likeness (QED) is 0.0905. The number of rotatable bonds is 12. The van der Waals surface area contributed by atoms with Crippen LogP contribution in [0, 0.1) is 6.92 Å². The fraction of sp³-hybridized carbons (Fsp3) is 0.355. The summed E-state index contributed by atoms with van der Waals surface area (Å²) in [7, 11) is 1.48. The normalized spacial score (nSPS) is 16.0. The van der Waals surface area contributed by atoms with Gasteiger partial charge in [-0.25, -0.2) is 9.78 Å². The Hall–Kier alpha value is -4.38. The lowest BCUT2D eigenvalue weighted by Crippen LogP contribution is -2.29. The molecule has 1 aliphatic rings. The van der Waals surface area contributed by atoms with Gasteiger partial charge in [-0.3, -0.25) is 14.5 Å². The van der Waals surface area contributed by atoms with E-state index in [9.17, 15) is 19.5 Å². The molecule has 1 aliphatic heterocycles. The lowest BCUT2D eigenvalue weighted by molar-refractivity contribution is -0.132. The van der Waals surface area contributed by atoms with Crippen LogP contribution in [0.2, 0.25) is 0 Å². The van der Waals surface area contributed by atoms with Gasteiger partial charge in [0.1, 0.15) is 16.4 Å². The van der Waals surface area contributed by atoms with Crippen molar-refractivity contribution in [2.45, 2.75) is 46.6 Å². The van der Waals surface area contributed by atoms with Crippen molar-refractivity contribution in [2.75, 3.05) is 31.8 Å². The van der Waals surface area contributed by atoms with Gasteiger partial charge in [0.2, 0.25) is 0 Å². The van der Waals surface area contributed by atoms with Crippen molar-refractivity contribution in [3.63, 3.8) is 0 Å². The maximum Gasteiger partial charge on any atom is 0.350 e. The highest BCUT2D eigenvalue weighted by molar-refractivity contribution is 7.17. The minimum atomic E-state index is -1.08. The lowest BCUT2D eigenvalue weighted by Gasteiger charge is -2.24. The maximum absolute atomic E-state index is 13.6. The van der Waals surface area contributed by atoms with Crippen molar-refractivity contribution in [3.05, 3.63) is 69.7 Å². The first-order chi connectivity index (χ1) is 20.2. The van der Waals surface area contributed by atoms with E-state index in [0.29, 0.717) is 47.3 Å².